The average Bonchev–Trinajstić information content (AvgIpc) is 3.00. The Morgan fingerprint density at radius 1 is 0.893 bits per heavy atom. The Morgan fingerprint density at radius 2 is 1.64 bits per heavy atom. The number of pyridine rings is 2. The Labute approximate surface area is 164 Å². The van der Waals surface area contributed by atoms with E-state index in [1.54, 1.807) is 24.8 Å². The highest BCUT2D eigenvalue weighted by Gasteiger charge is 2.21. The minimum absolute atomic E-state index is 0.0189. The normalized spacial score (nSPS) is 14.6. The predicted molar refractivity (Wildman–Crippen MR) is 107 cm³/mol. The van der Waals surface area contributed by atoms with Crippen molar-refractivity contribution in [3.8, 4) is 11.4 Å². The fraction of sp³-hybridized carbons (Fsp3) is 0.286. The number of anilines is 1. The summed E-state index contributed by atoms with van der Waals surface area (Å²) in [6.07, 6.45) is 11.2. The second kappa shape index (κ2) is 8.12. The van der Waals surface area contributed by atoms with E-state index in [2.05, 4.69) is 31.8 Å². The van der Waals surface area contributed by atoms with Crippen LogP contribution in [0.3, 0.4) is 0 Å². The van der Waals surface area contributed by atoms with Gasteiger partial charge in [-0.1, -0.05) is 0 Å². The van der Waals surface area contributed by atoms with Gasteiger partial charge in [0.2, 0.25) is 0 Å². The molecule has 1 saturated heterocycles. The molecule has 0 aliphatic carbocycles. The molecule has 0 atom stereocenters. The van der Waals surface area contributed by atoms with Gasteiger partial charge in [-0.15, -0.1) is 0 Å². The topological polar surface area (TPSA) is 75.1 Å². The van der Waals surface area contributed by atoms with Gasteiger partial charge in [0.05, 0.1) is 5.56 Å². The molecule has 3 aromatic rings. The molecule has 1 amide bonds. The van der Waals surface area contributed by atoms with Crippen LogP contribution < -0.4 is 4.90 Å². The molecule has 7 heteroatoms. The average molecular weight is 374 g/mol. The summed E-state index contributed by atoms with van der Waals surface area (Å²) in [7, 11) is 0. The molecular weight excluding hydrogens is 352 g/mol. The number of hydrogen-bond donors (Lipinski definition) is 0. The van der Waals surface area contributed by atoms with E-state index >= 15 is 0 Å². The van der Waals surface area contributed by atoms with Crippen LogP contribution in [0.5, 0.6) is 0 Å². The van der Waals surface area contributed by atoms with Crippen LogP contribution in [0.4, 0.5) is 5.69 Å². The summed E-state index contributed by atoms with van der Waals surface area (Å²) in [5.41, 5.74) is 3.75. The summed E-state index contributed by atoms with van der Waals surface area (Å²) in [4.78, 5) is 34.0. The number of rotatable bonds is 3. The Bertz CT molecular complexity index is 945. The van der Waals surface area contributed by atoms with Gasteiger partial charge in [0.1, 0.15) is 0 Å². The Kier molecular flexibility index (Phi) is 5.23. The lowest BCUT2D eigenvalue weighted by molar-refractivity contribution is 0.0766. The van der Waals surface area contributed by atoms with E-state index in [0.29, 0.717) is 17.9 Å². The lowest BCUT2D eigenvalue weighted by Crippen LogP contribution is -2.35. The summed E-state index contributed by atoms with van der Waals surface area (Å²) in [5, 5.41) is 0. The third-order valence-corrected chi connectivity index (χ3v) is 4.95. The van der Waals surface area contributed by atoms with Gasteiger partial charge >= 0.3 is 0 Å². The van der Waals surface area contributed by atoms with Gasteiger partial charge in [-0.2, -0.15) is 0 Å². The van der Waals surface area contributed by atoms with Crippen LogP contribution in [0, 0.1) is 6.92 Å². The van der Waals surface area contributed by atoms with Crippen LogP contribution in [0.1, 0.15) is 22.3 Å². The van der Waals surface area contributed by atoms with Gasteiger partial charge in [-0.05, 0) is 37.1 Å². The van der Waals surface area contributed by atoms with Crippen LogP contribution >= 0.6 is 0 Å². The van der Waals surface area contributed by atoms with Gasteiger partial charge in [0.15, 0.2) is 5.82 Å². The maximum absolute atomic E-state index is 12.9. The predicted octanol–water partition coefficient (Wildman–Crippen LogP) is 2.59. The number of nitrogens with zero attached hydrogens (tertiary/aromatic N) is 6. The number of aryl methyl sites for hydroxylation is 1. The van der Waals surface area contributed by atoms with Crippen molar-refractivity contribution in [1.82, 2.24) is 24.8 Å². The number of hydrogen-bond acceptors (Lipinski definition) is 6. The number of carbonyl (C=O) groups excluding carboxylic acids is 1. The van der Waals surface area contributed by atoms with Crippen LogP contribution in [-0.2, 0) is 0 Å². The van der Waals surface area contributed by atoms with E-state index in [1.807, 2.05) is 35.5 Å². The highest BCUT2D eigenvalue weighted by molar-refractivity contribution is 5.93. The minimum atomic E-state index is -0.0189. The highest BCUT2D eigenvalue weighted by Crippen LogP contribution is 2.20. The second-order valence-corrected chi connectivity index (χ2v) is 6.83. The molecule has 0 N–H and O–H groups in total. The Morgan fingerprint density at radius 3 is 2.39 bits per heavy atom. The molecular formula is C21H22N6O. The summed E-state index contributed by atoms with van der Waals surface area (Å²) in [6.45, 7) is 5.19. The Hall–Kier alpha value is -3.35. The summed E-state index contributed by atoms with van der Waals surface area (Å²) >= 11 is 0. The molecule has 0 spiro atoms. The molecule has 7 nitrogen and oxygen atoms in total. The molecule has 1 aliphatic heterocycles. The summed E-state index contributed by atoms with van der Waals surface area (Å²) in [6, 6.07) is 5.74. The maximum atomic E-state index is 12.9. The van der Waals surface area contributed by atoms with E-state index in [4.69, 9.17) is 0 Å². The van der Waals surface area contributed by atoms with Crippen molar-refractivity contribution in [3.05, 3.63) is 66.5 Å². The van der Waals surface area contributed by atoms with Crippen molar-refractivity contribution in [2.24, 2.45) is 0 Å². The zero-order valence-corrected chi connectivity index (χ0v) is 15.8. The van der Waals surface area contributed by atoms with E-state index < -0.39 is 0 Å². The molecule has 4 rings (SSSR count). The van der Waals surface area contributed by atoms with Gasteiger partial charge in [-0.25, -0.2) is 9.97 Å². The van der Waals surface area contributed by atoms with Crippen molar-refractivity contribution in [3.63, 3.8) is 0 Å². The van der Waals surface area contributed by atoms with E-state index in [-0.39, 0.29) is 5.91 Å². The lowest BCUT2D eigenvalue weighted by atomic mass is 10.2. The zero-order valence-electron chi connectivity index (χ0n) is 15.8. The summed E-state index contributed by atoms with van der Waals surface area (Å²) in [5.74, 6) is 0.573. The minimum Gasteiger partial charge on any atom is -0.369 e. The van der Waals surface area contributed by atoms with Gasteiger partial charge < -0.3 is 9.80 Å². The number of amides is 1. The largest absolute Gasteiger partial charge is 0.369 e. The first-order valence-corrected chi connectivity index (χ1v) is 9.39. The van der Waals surface area contributed by atoms with E-state index in [0.717, 1.165) is 37.2 Å². The van der Waals surface area contributed by atoms with Crippen molar-refractivity contribution >= 4 is 11.6 Å². The molecule has 0 saturated carbocycles. The maximum Gasteiger partial charge on any atom is 0.257 e. The van der Waals surface area contributed by atoms with Crippen molar-refractivity contribution < 1.29 is 4.79 Å². The van der Waals surface area contributed by atoms with E-state index in [1.165, 1.54) is 5.69 Å². The van der Waals surface area contributed by atoms with Crippen LogP contribution in [0.15, 0.2) is 55.4 Å². The van der Waals surface area contributed by atoms with Crippen molar-refractivity contribution in [2.45, 2.75) is 13.3 Å². The lowest BCUT2D eigenvalue weighted by Gasteiger charge is -2.25. The smallest absolute Gasteiger partial charge is 0.257 e. The molecule has 3 aromatic heterocycles. The SMILES string of the molecule is Cc1cnccc1N1CCCN(C(=O)c2cnc(-c3ccncc3)nc2)CC1. The highest BCUT2D eigenvalue weighted by atomic mass is 16.2. The third-order valence-electron chi connectivity index (χ3n) is 4.95. The quantitative estimate of drug-likeness (QED) is 0.701. The monoisotopic (exact) mass is 374 g/mol. The fourth-order valence-electron chi connectivity index (χ4n) is 3.45. The van der Waals surface area contributed by atoms with Crippen molar-refractivity contribution in [1.29, 1.82) is 0 Å². The molecule has 0 radical (unpaired) electrons. The summed E-state index contributed by atoms with van der Waals surface area (Å²) < 4.78 is 0. The van der Waals surface area contributed by atoms with Crippen LogP contribution in [-0.4, -0.2) is 56.9 Å². The molecule has 1 aliphatic rings. The fourth-order valence-corrected chi connectivity index (χ4v) is 3.45. The van der Waals surface area contributed by atoms with Gasteiger partial charge in [0, 0.05) is 74.6 Å². The molecule has 0 unspecified atom stereocenters. The Balaban J connectivity index is 1.44. The standard InChI is InChI=1S/C21H22N6O/c1-16-13-23-8-5-19(16)26-9-2-10-27(12-11-26)21(28)18-14-24-20(25-15-18)17-3-6-22-7-4-17/h3-8,13-15H,2,9-12H2,1H3. The molecule has 0 bridgehead atoms. The van der Waals surface area contributed by atoms with E-state index in [9.17, 15) is 4.79 Å². The van der Waals surface area contributed by atoms with Crippen molar-refractivity contribution in [2.75, 3.05) is 31.1 Å². The first-order chi connectivity index (χ1) is 13.7. The second-order valence-electron chi connectivity index (χ2n) is 6.83. The molecule has 1 fully saturated rings. The van der Waals surface area contributed by atoms with Gasteiger partial charge in [-0.3, -0.25) is 14.8 Å². The molecule has 28 heavy (non-hydrogen) atoms. The first kappa shape index (κ1) is 18.0. The molecule has 0 aromatic carbocycles. The zero-order chi connectivity index (χ0) is 19.3. The molecule has 4 heterocycles. The molecule has 142 valence electrons. The first-order valence-electron chi connectivity index (χ1n) is 9.39. The third kappa shape index (κ3) is 3.83. The number of carbonyl (C=O) groups is 1. The van der Waals surface area contributed by atoms with Crippen LogP contribution in [0.2, 0.25) is 0 Å². The number of aromatic nitrogens is 4. The van der Waals surface area contributed by atoms with Gasteiger partial charge in [0.25, 0.3) is 5.91 Å². The van der Waals surface area contributed by atoms with Crippen LogP contribution in [0.25, 0.3) is 11.4 Å².